The van der Waals surface area contributed by atoms with Gasteiger partial charge in [-0.2, -0.15) is 0 Å². The van der Waals surface area contributed by atoms with Crippen molar-refractivity contribution in [1.29, 1.82) is 5.41 Å². The maximum atomic E-state index is 12.8. The molecule has 2 aromatic heterocycles. The van der Waals surface area contributed by atoms with Crippen LogP contribution in [-0.2, 0) is 11.2 Å². The van der Waals surface area contributed by atoms with Crippen LogP contribution in [0.3, 0.4) is 0 Å². The predicted octanol–water partition coefficient (Wildman–Crippen LogP) is 2.09. The fourth-order valence-electron chi connectivity index (χ4n) is 4.19. The molecule has 9 heteroatoms. The standard InChI is InChI=1S/C22H28N6O3/c1-15-5-8-26(13-15)21(29)17-10-16-4-3-7-27(20(16)24-12-17)18-6-9-28(19(23)11-18)22(30)25-14-31-2/h6,9-12,15,23H,3-5,7-8,13-14H2,1-2H3,(H,25,30)/t15-/m1/s1. The Labute approximate surface area is 181 Å². The van der Waals surface area contributed by atoms with E-state index in [-0.39, 0.29) is 18.1 Å². The molecule has 2 aromatic rings. The lowest BCUT2D eigenvalue weighted by molar-refractivity contribution is 0.0787. The van der Waals surface area contributed by atoms with Crippen LogP contribution in [0, 0.1) is 11.3 Å². The number of carbonyl (C=O) groups is 2. The van der Waals surface area contributed by atoms with Gasteiger partial charge in [-0.15, -0.1) is 0 Å². The van der Waals surface area contributed by atoms with Crippen molar-refractivity contribution >= 4 is 23.4 Å². The van der Waals surface area contributed by atoms with Crippen molar-refractivity contribution in [2.75, 3.05) is 38.4 Å². The van der Waals surface area contributed by atoms with E-state index >= 15 is 0 Å². The van der Waals surface area contributed by atoms with Gasteiger partial charge in [-0.3, -0.25) is 14.8 Å². The molecular formula is C22H28N6O3. The number of aromatic nitrogens is 2. The van der Waals surface area contributed by atoms with Crippen LogP contribution in [0.1, 0.15) is 35.7 Å². The van der Waals surface area contributed by atoms with Gasteiger partial charge in [0.25, 0.3) is 5.91 Å². The van der Waals surface area contributed by atoms with Crippen LogP contribution in [-0.4, -0.2) is 59.9 Å². The summed E-state index contributed by atoms with van der Waals surface area (Å²) < 4.78 is 6.07. The number of ether oxygens (including phenoxy) is 1. The molecule has 0 unspecified atom stereocenters. The minimum atomic E-state index is -0.421. The number of hydrogen-bond donors (Lipinski definition) is 2. The molecule has 0 aliphatic carbocycles. The molecule has 1 atom stereocenters. The third-order valence-electron chi connectivity index (χ3n) is 5.82. The van der Waals surface area contributed by atoms with E-state index in [2.05, 4.69) is 17.2 Å². The third-order valence-corrected chi connectivity index (χ3v) is 5.82. The van der Waals surface area contributed by atoms with Gasteiger partial charge in [0.2, 0.25) is 0 Å². The first-order chi connectivity index (χ1) is 15.0. The first kappa shape index (κ1) is 21.0. The van der Waals surface area contributed by atoms with E-state index in [4.69, 9.17) is 10.1 Å². The normalized spacial score (nSPS) is 18.1. The summed E-state index contributed by atoms with van der Waals surface area (Å²) in [6.45, 7) is 4.61. The van der Waals surface area contributed by atoms with Gasteiger partial charge in [-0.25, -0.2) is 9.78 Å². The molecule has 2 amide bonds. The zero-order chi connectivity index (χ0) is 22.0. The molecule has 164 valence electrons. The largest absolute Gasteiger partial charge is 0.364 e. The maximum absolute atomic E-state index is 12.8. The summed E-state index contributed by atoms with van der Waals surface area (Å²) in [4.78, 5) is 33.6. The summed E-state index contributed by atoms with van der Waals surface area (Å²) in [6.07, 6.45) is 6.06. The van der Waals surface area contributed by atoms with E-state index in [9.17, 15) is 9.59 Å². The Bertz CT molecular complexity index is 1050. The molecule has 31 heavy (non-hydrogen) atoms. The van der Waals surface area contributed by atoms with E-state index < -0.39 is 6.03 Å². The number of rotatable bonds is 4. The van der Waals surface area contributed by atoms with E-state index in [1.54, 1.807) is 24.5 Å². The molecule has 0 aromatic carbocycles. The van der Waals surface area contributed by atoms with E-state index in [0.717, 1.165) is 56.0 Å². The Kier molecular flexibility index (Phi) is 6.03. The molecule has 0 spiro atoms. The molecule has 4 rings (SSSR count). The van der Waals surface area contributed by atoms with Crippen LogP contribution < -0.4 is 15.7 Å². The molecule has 2 aliphatic rings. The number of pyridine rings is 2. The molecule has 1 fully saturated rings. The number of carbonyl (C=O) groups excluding carboxylic acids is 2. The Morgan fingerprint density at radius 2 is 2.16 bits per heavy atom. The molecule has 9 nitrogen and oxygen atoms in total. The molecular weight excluding hydrogens is 396 g/mol. The second kappa shape index (κ2) is 8.89. The fourth-order valence-corrected chi connectivity index (χ4v) is 4.19. The molecule has 0 bridgehead atoms. The van der Waals surface area contributed by atoms with Gasteiger partial charge in [0.15, 0.2) is 0 Å². The highest BCUT2D eigenvalue weighted by atomic mass is 16.5. The quantitative estimate of drug-likeness (QED) is 0.732. The van der Waals surface area contributed by atoms with Crippen molar-refractivity contribution < 1.29 is 14.3 Å². The first-order valence-electron chi connectivity index (χ1n) is 10.6. The van der Waals surface area contributed by atoms with Crippen molar-refractivity contribution in [2.24, 2.45) is 5.92 Å². The second-order valence-electron chi connectivity index (χ2n) is 8.16. The summed E-state index contributed by atoms with van der Waals surface area (Å²) in [7, 11) is 1.49. The lowest BCUT2D eigenvalue weighted by Gasteiger charge is -2.30. The van der Waals surface area contributed by atoms with Gasteiger partial charge >= 0.3 is 6.03 Å². The lowest BCUT2D eigenvalue weighted by Crippen LogP contribution is -2.37. The van der Waals surface area contributed by atoms with Crippen LogP contribution >= 0.6 is 0 Å². The van der Waals surface area contributed by atoms with Gasteiger partial charge in [0.05, 0.1) is 5.56 Å². The highest BCUT2D eigenvalue weighted by Crippen LogP contribution is 2.32. The van der Waals surface area contributed by atoms with Crippen molar-refractivity contribution in [3.63, 3.8) is 0 Å². The monoisotopic (exact) mass is 424 g/mol. The Morgan fingerprint density at radius 3 is 2.87 bits per heavy atom. The minimum Gasteiger partial charge on any atom is -0.364 e. The van der Waals surface area contributed by atoms with Crippen LogP contribution in [0.15, 0.2) is 30.6 Å². The van der Waals surface area contributed by atoms with Crippen molar-refractivity contribution in [3.8, 4) is 0 Å². The average Bonchev–Trinajstić information content (AvgIpc) is 3.22. The number of hydrogen-bond acceptors (Lipinski definition) is 6. The minimum absolute atomic E-state index is 0.0491. The number of nitrogens with zero attached hydrogens (tertiary/aromatic N) is 4. The molecule has 0 saturated carbocycles. The van der Waals surface area contributed by atoms with Crippen molar-refractivity contribution in [2.45, 2.75) is 26.2 Å². The smallest absolute Gasteiger partial charge is 0.328 e. The summed E-state index contributed by atoms with van der Waals surface area (Å²) in [6, 6.07) is 4.98. The van der Waals surface area contributed by atoms with Gasteiger partial charge in [-0.05, 0) is 42.9 Å². The number of anilines is 2. The highest BCUT2D eigenvalue weighted by molar-refractivity contribution is 5.94. The fraction of sp³-hybridized carbons (Fsp3) is 0.455. The van der Waals surface area contributed by atoms with E-state index in [1.807, 2.05) is 15.9 Å². The van der Waals surface area contributed by atoms with Crippen molar-refractivity contribution in [3.05, 3.63) is 47.2 Å². The van der Waals surface area contributed by atoms with Gasteiger partial charge in [0.1, 0.15) is 18.0 Å². The number of methoxy groups -OCH3 is 1. The van der Waals surface area contributed by atoms with Crippen molar-refractivity contribution in [1.82, 2.24) is 19.8 Å². The Hall–Kier alpha value is -3.20. The zero-order valence-electron chi connectivity index (χ0n) is 17.9. The number of amides is 2. The zero-order valence-corrected chi connectivity index (χ0v) is 17.9. The molecule has 4 heterocycles. The summed E-state index contributed by atoms with van der Waals surface area (Å²) in [5.74, 6) is 1.40. The van der Waals surface area contributed by atoms with Crippen LogP contribution in [0.2, 0.25) is 0 Å². The van der Waals surface area contributed by atoms with Crippen LogP contribution in [0.25, 0.3) is 0 Å². The number of likely N-dealkylation sites (tertiary alicyclic amines) is 1. The summed E-state index contributed by atoms with van der Waals surface area (Å²) in [5, 5.41) is 10.8. The number of nitrogens with one attached hydrogen (secondary N) is 2. The van der Waals surface area contributed by atoms with Gasteiger partial charge < -0.3 is 19.9 Å². The summed E-state index contributed by atoms with van der Waals surface area (Å²) in [5.41, 5.74) is 2.52. The average molecular weight is 425 g/mol. The number of aryl methyl sites for hydroxylation is 1. The first-order valence-corrected chi connectivity index (χ1v) is 10.6. The van der Waals surface area contributed by atoms with E-state index in [0.29, 0.717) is 11.5 Å². The lowest BCUT2D eigenvalue weighted by atomic mass is 10.0. The number of fused-ring (bicyclic) bond motifs is 1. The molecule has 1 saturated heterocycles. The van der Waals surface area contributed by atoms with Crippen LogP contribution in [0.4, 0.5) is 16.3 Å². The highest BCUT2D eigenvalue weighted by Gasteiger charge is 2.27. The maximum Gasteiger partial charge on any atom is 0.328 e. The summed E-state index contributed by atoms with van der Waals surface area (Å²) >= 11 is 0. The van der Waals surface area contributed by atoms with E-state index in [1.165, 1.54) is 11.7 Å². The van der Waals surface area contributed by atoms with Gasteiger partial charge in [-0.1, -0.05) is 6.92 Å². The Morgan fingerprint density at radius 1 is 1.32 bits per heavy atom. The molecule has 0 radical (unpaired) electrons. The molecule has 2 N–H and O–H groups in total. The third kappa shape index (κ3) is 4.32. The SMILES string of the molecule is COCNC(=O)n1ccc(N2CCCc3cc(C(=O)N4CC[C@@H](C)C4)cnc32)cc1=N. The predicted molar refractivity (Wildman–Crippen MR) is 115 cm³/mol. The molecule has 2 aliphatic heterocycles. The van der Waals surface area contributed by atoms with Gasteiger partial charge in [0, 0.05) is 50.9 Å². The Balaban J connectivity index is 1.57. The van der Waals surface area contributed by atoms with Crippen LogP contribution in [0.5, 0.6) is 0 Å². The topological polar surface area (TPSA) is 104 Å². The second-order valence-corrected chi connectivity index (χ2v) is 8.16.